The number of piperazine rings is 1. The highest BCUT2D eigenvalue weighted by atomic mass is 35.5. The average molecular weight is 397 g/mol. The van der Waals surface area contributed by atoms with Crippen molar-refractivity contribution in [3.05, 3.63) is 93.1 Å². The van der Waals surface area contributed by atoms with Crippen molar-refractivity contribution in [2.75, 3.05) is 26.2 Å². The molecule has 138 valence electrons. The Hall–Kier alpha value is -2.14. The van der Waals surface area contributed by atoms with Crippen LogP contribution < -0.4 is 0 Å². The summed E-state index contributed by atoms with van der Waals surface area (Å²) in [5.41, 5.74) is 3.28. The van der Waals surface area contributed by atoms with Gasteiger partial charge < -0.3 is 4.90 Å². The predicted molar refractivity (Wildman–Crippen MR) is 112 cm³/mol. The van der Waals surface area contributed by atoms with Crippen molar-refractivity contribution in [3.8, 4) is 0 Å². The zero-order chi connectivity index (χ0) is 18.6. The quantitative estimate of drug-likeness (QED) is 0.623. The van der Waals surface area contributed by atoms with E-state index in [1.807, 2.05) is 39.9 Å². The van der Waals surface area contributed by atoms with Gasteiger partial charge in [0.1, 0.15) is 0 Å². The summed E-state index contributed by atoms with van der Waals surface area (Å²) in [5, 5.41) is 4.63. The van der Waals surface area contributed by atoms with Gasteiger partial charge in [0.15, 0.2) is 0 Å². The summed E-state index contributed by atoms with van der Waals surface area (Å²) >= 11 is 7.66. The fourth-order valence-corrected chi connectivity index (χ4v) is 4.40. The molecule has 0 aliphatic carbocycles. The van der Waals surface area contributed by atoms with Gasteiger partial charge in [-0.3, -0.25) is 9.69 Å². The first-order chi connectivity index (χ1) is 13.2. The van der Waals surface area contributed by atoms with Gasteiger partial charge in [-0.05, 0) is 34.7 Å². The molecule has 1 atom stereocenters. The standard InChI is InChI=1S/C22H21ClN2OS/c23-20-8-6-18(7-9-20)21(17-4-2-1-3-5-17)24-11-13-25(14-12-24)22(26)19-10-15-27-16-19/h1-10,15-16,21H,11-14H2. The second kappa shape index (κ2) is 8.26. The molecule has 0 radical (unpaired) electrons. The van der Waals surface area contributed by atoms with Crippen LogP contribution in [0, 0.1) is 0 Å². The number of thiophene rings is 1. The SMILES string of the molecule is O=C(c1ccsc1)N1CCN(C(c2ccccc2)c2ccc(Cl)cc2)CC1. The van der Waals surface area contributed by atoms with Gasteiger partial charge in [0.2, 0.25) is 0 Å². The van der Waals surface area contributed by atoms with Crippen LogP contribution in [-0.2, 0) is 0 Å². The Balaban J connectivity index is 1.54. The molecule has 1 aromatic heterocycles. The number of nitrogens with zero attached hydrogens (tertiary/aromatic N) is 2. The van der Waals surface area contributed by atoms with Gasteiger partial charge in [-0.1, -0.05) is 54.1 Å². The Kier molecular flexibility index (Phi) is 5.58. The molecule has 2 aromatic carbocycles. The monoisotopic (exact) mass is 396 g/mol. The normalized spacial score (nSPS) is 16.3. The summed E-state index contributed by atoms with van der Waals surface area (Å²) in [5.74, 6) is 0.138. The van der Waals surface area contributed by atoms with Crippen molar-refractivity contribution in [3.63, 3.8) is 0 Å². The maximum Gasteiger partial charge on any atom is 0.254 e. The smallest absolute Gasteiger partial charge is 0.254 e. The third kappa shape index (κ3) is 4.08. The molecule has 4 rings (SSSR count). The van der Waals surface area contributed by atoms with Crippen LogP contribution in [0.5, 0.6) is 0 Å². The first-order valence-corrected chi connectivity index (χ1v) is 10.4. The zero-order valence-electron chi connectivity index (χ0n) is 14.9. The lowest BCUT2D eigenvalue weighted by molar-refractivity contribution is 0.0598. The Morgan fingerprint density at radius 2 is 1.56 bits per heavy atom. The van der Waals surface area contributed by atoms with Crippen LogP contribution in [0.25, 0.3) is 0 Å². The number of halogens is 1. The van der Waals surface area contributed by atoms with E-state index in [4.69, 9.17) is 11.6 Å². The summed E-state index contributed by atoms with van der Waals surface area (Å²) in [4.78, 5) is 17.0. The Bertz CT molecular complexity index is 872. The van der Waals surface area contributed by atoms with Gasteiger partial charge >= 0.3 is 0 Å². The van der Waals surface area contributed by atoms with Crippen molar-refractivity contribution in [1.82, 2.24) is 9.80 Å². The van der Waals surface area contributed by atoms with E-state index in [1.165, 1.54) is 11.1 Å². The number of amides is 1. The Labute approximate surface area is 168 Å². The van der Waals surface area contributed by atoms with Crippen LogP contribution in [0.15, 0.2) is 71.4 Å². The summed E-state index contributed by atoms with van der Waals surface area (Å²) in [6.07, 6.45) is 0. The number of carbonyl (C=O) groups is 1. The number of carbonyl (C=O) groups excluding carboxylic acids is 1. The minimum atomic E-state index is 0.138. The van der Waals surface area contributed by atoms with Crippen molar-refractivity contribution >= 4 is 28.8 Å². The Morgan fingerprint density at radius 1 is 0.889 bits per heavy atom. The molecule has 27 heavy (non-hydrogen) atoms. The van der Waals surface area contributed by atoms with E-state index in [1.54, 1.807) is 11.3 Å². The van der Waals surface area contributed by atoms with Gasteiger partial charge in [0.25, 0.3) is 5.91 Å². The number of hydrogen-bond acceptors (Lipinski definition) is 3. The summed E-state index contributed by atoms with van der Waals surface area (Å²) in [7, 11) is 0. The minimum absolute atomic E-state index is 0.138. The highest BCUT2D eigenvalue weighted by Gasteiger charge is 2.28. The van der Waals surface area contributed by atoms with E-state index in [9.17, 15) is 4.79 Å². The van der Waals surface area contributed by atoms with Crippen LogP contribution in [0.2, 0.25) is 5.02 Å². The number of benzene rings is 2. The third-order valence-corrected chi connectivity index (χ3v) is 5.97. The van der Waals surface area contributed by atoms with Crippen molar-refractivity contribution in [2.45, 2.75) is 6.04 Å². The molecule has 3 nitrogen and oxygen atoms in total. The van der Waals surface area contributed by atoms with Gasteiger partial charge in [0.05, 0.1) is 11.6 Å². The van der Waals surface area contributed by atoms with Crippen LogP contribution >= 0.6 is 22.9 Å². The molecule has 1 unspecified atom stereocenters. The lowest BCUT2D eigenvalue weighted by Gasteiger charge is -2.39. The summed E-state index contributed by atoms with van der Waals surface area (Å²) < 4.78 is 0. The topological polar surface area (TPSA) is 23.6 Å². The molecule has 1 aliphatic rings. The highest BCUT2D eigenvalue weighted by Crippen LogP contribution is 2.30. The molecule has 0 N–H and O–H groups in total. The van der Waals surface area contributed by atoms with Gasteiger partial charge in [0, 0.05) is 36.6 Å². The van der Waals surface area contributed by atoms with Crippen LogP contribution in [-0.4, -0.2) is 41.9 Å². The molecule has 2 heterocycles. The highest BCUT2D eigenvalue weighted by molar-refractivity contribution is 7.08. The van der Waals surface area contributed by atoms with Crippen LogP contribution in [0.3, 0.4) is 0 Å². The molecule has 1 saturated heterocycles. The first kappa shape index (κ1) is 18.2. The summed E-state index contributed by atoms with van der Waals surface area (Å²) in [6, 6.07) is 20.7. The average Bonchev–Trinajstić information content (AvgIpc) is 3.25. The molecule has 1 aliphatic heterocycles. The van der Waals surface area contributed by atoms with Gasteiger partial charge in [-0.15, -0.1) is 0 Å². The van der Waals surface area contributed by atoms with Crippen molar-refractivity contribution < 1.29 is 4.79 Å². The third-order valence-electron chi connectivity index (χ3n) is 5.04. The van der Waals surface area contributed by atoms with E-state index in [0.29, 0.717) is 0 Å². The van der Waals surface area contributed by atoms with E-state index in [2.05, 4.69) is 41.3 Å². The van der Waals surface area contributed by atoms with E-state index in [-0.39, 0.29) is 11.9 Å². The van der Waals surface area contributed by atoms with Crippen molar-refractivity contribution in [2.24, 2.45) is 0 Å². The Morgan fingerprint density at radius 3 is 2.19 bits per heavy atom. The molecule has 0 spiro atoms. The second-order valence-electron chi connectivity index (χ2n) is 6.70. The molecule has 3 aromatic rings. The van der Waals surface area contributed by atoms with E-state index >= 15 is 0 Å². The fourth-order valence-electron chi connectivity index (χ4n) is 3.65. The molecule has 0 bridgehead atoms. The largest absolute Gasteiger partial charge is 0.336 e. The lowest BCUT2D eigenvalue weighted by atomic mass is 9.96. The van der Waals surface area contributed by atoms with Crippen LogP contribution in [0.1, 0.15) is 27.5 Å². The second-order valence-corrected chi connectivity index (χ2v) is 7.92. The molecule has 1 amide bonds. The number of rotatable bonds is 4. The first-order valence-electron chi connectivity index (χ1n) is 9.08. The number of hydrogen-bond donors (Lipinski definition) is 0. The van der Waals surface area contributed by atoms with Gasteiger partial charge in [-0.25, -0.2) is 0 Å². The van der Waals surface area contributed by atoms with Crippen LogP contribution in [0.4, 0.5) is 0 Å². The predicted octanol–water partition coefficient (Wildman–Crippen LogP) is 4.95. The minimum Gasteiger partial charge on any atom is -0.336 e. The van der Waals surface area contributed by atoms with Crippen molar-refractivity contribution in [1.29, 1.82) is 0 Å². The summed E-state index contributed by atoms with van der Waals surface area (Å²) in [6.45, 7) is 3.17. The maximum atomic E-state index is 12.6. The molecule has 5 heteroatoms. The molecule has 0 saturated carbocycles. The fraction of sp³-hybridized carbons (Fsp3) is 0.227. The maximum absolute atomic E-state index is 12.6. The molecule has 1 fully saturated rings. The molecular formula is C22H21ClN2OS. The van der Waals surface area contributed by atoms with Gasteiger partial charge in [-0.2, -0.15) is 11.3 Å². The molecular weight excluding hydrogens is 376 g/mol. The zero-order valence-corrected chi connectivity index (χ0v) is 16.5. The lowest BCUT2D eigenvalue weighted by Crippen LogP contribution is -2.49. The van der Waals surface area contributed by atoms with E-state index < -0.39 is 0 Å². The van der Waals surface area contributed by atoms with E-state index in [0.717, 1.165) is 36.8 Å².